The van der Waals surface area contributed by atoms with Crippen molar-refractivity contribution in [2.75, 3.05) is 6.61 Å². The molecule has 2 atom stereocenters. The van der Waals surface area contributed by atoms with Crippen LogP contribution in [0.15, 0.2) is 10.6 Å². The molecule has 0 spiro atoms. The second kappa shape index (κ2) is 4.77. The average molecular weight is 210 g/mol. The highest BCUT2D eigenvalue weighted by molar-refractivity contribution is 5.03. The Morgan fingerprint density at radius 3 is 3.13 bits per heavy atom. The molecule has 4 nitrogen and oxygen atoms in total. The van der Waals surface area contributed by atoms with Crippen molar-refractivity contribution in [1.29, 1.82) is 0 Å². The maximum absolute atomic E-state index is 5.60. The van der Waals surface area contributed by atoms with Gasteiger partial charge in [-0.3, -0.25) is 0 Å². The van der Waals surface area contributed by atoms with Crippen molar-refractivity contribution in [3.05, 3.63) is 17.5 Å². The monoisotopic (exact) mass is 210 g/mol. The summed E-state index contributed by atoms with van der Waals surface area (Å²) in [6, 6.07) is 2.33. The number of ether oxygens (including phenoxy) is 1. The minimum absolute atomic E-state index is 0.359. The number of nitrogens with one attached hydrogen (secondary N) is 1. The fourth-order valence-electron chi connectivity index (χ4n) is 1.90. The van der Waals surface area contributed by atoms with E-state index in [2.05, 4.69) is 17.4 Å². The quantitative estimate of drug-likeness (QED) is 0.820. The van der Waals surface area contributed by atoms with Gasteiger partial charge in [0.05, 0.1) is 11.8 Å². The van der Waals surface area contributed by atoms with Gasteiger partial charge in [-0.1, -0.05) is 5.16 Å². The van der Waals surface area contributed by atoms with Crippen LogP contribution in [0.25, 0.3) is 0 Å². The van der Waals surface area contributed by atoms with Gasteiger partial charge in [0, 0.05) is 25.3 Å². The van der Waals surface area contributed by atoms with E-state index in [9.17, 15) is 0 Å². The molecule has 0 bridgehead atoms. The molecule has 4 heteroatoms. The van der Waals surface area contributed by atoms with Crippen molar-refractivity contribution in [2.45, 2.75) is 45.4 Å². The summed E-state index contributed by atoms with van der Waals surface area (Å²) in [5.74, 6) is 0.858. The van der Waals surface area contributed by atoms with Crippen LogP contribution in [0.3, 0.4) is 0 Å². The fourth-order valence-corrected chi connectivity index (χ4v) is 1.90. The van der Waals surface area contributed by atoms with Crippen LogP contribution in [-0.2, 0) is 11.3 Å². The molecular weight excluding hydrogens is 192 g/mol. The van der Waals surface area contributed by atoms with E-state index < -0.39 is 0 Å². The van der Waals surface area contributed by atoms with Crippen LogP contribution in [0.4, 0.5) is 0 Å². The van der Waals surface area contributed by atoms with Gasteiger partial charge >= 0.3 is 0 Å². The summed E-state index contributed by atoms with van der Waals surface area (Å²) in [7, 11) is 0. The smallest absolute Gasteiger partial charge is 0.133 e. The Bertz CT molecular complexity index is 305. The Labute approximate surface area is 90.0 Å². The van der Waals surface area contributed by atoms with Gasteiger partial charge in [0.15, 0.2) is 0 Å². The molecule has 1 aromatic rings. The van der Waals surface area contributed by atoms with Crippen molar-refractivity contribution < 1.29 is 9.26 Å². The van der Waals surface area contributed by atoms with Crippen molar-refractivity contribution in [2.24, 2.45) is 0 Å². The molecule has 1 fully saturated rings. The number of hydrogen-bond donors (Lipinski definition) is 1. The predicted octanol–water partition coefficient (Wildman–Crippen LogP) is 1.64. The van der Waals surface area contributed by atoms with Crippen LogP contribution in [0.5, 0.6) is 0 Å². The lowest BCUT2D eigenvalue weighted by atomic mass is 10.1. The molecule has 2 rings (SSSR count). The molecule has 0 aromatic carbocycles. The van der Waals surface area contributed by atoms with E-state index in [1.54, 1.807) is 0 Å². The Morgan fingerprint density at radius 2 is 2.53 bits per heavy atom. The molecule has 15 heavy (non-hydrogen) atoms. The second-order valence-corrected chi connectivity index (χ2v) is 4.15. The largest absolute Gasteiger partial charge is 0.377 e. The van der Waals surface area contributed by atoms with E-state index in [-0.39, 0.29) is 0 Å². The molecule has 0 unspecified atom stereocenters. The Balaban J connectivity index is 1.77. The van der Waals surface area contributed by atoms with E-state index in [0.717, 1.165) is 31.0 Å². The zero-order chi connectivity index (χ0) is 10.7. The molecule has 0 radical (unpaired) electrons. The molecule has 0 amide bonds. The molecule has 0 aliphatic carbocycles. The van der Waals surface area contributed by atoms with Crippen LogP contribution in [0.2, 0.25) is 0 Å². The summed E-state index contributed by atoms with van der Waals surface area (Å²) >= 11 is 0. The summed E-state index contributed by atoms with van der Waals surface area (Å²) in [6.45, 7) is 5.71. The normalized spacial score (nSPS) is 23.2. The van der Waals surface area contributed by atoms with Crippen LogP contribution in [0.1, 0.15) is 31.2 Å². The third-order valence-electron chi connectivity index (χ3n) is 2.80. The topological polar surface area (TPSA) is 47.3 Å². The summed E-state index contributed by atoms with van der Waals surface area (Å²) < 4.78 is 10.6. The molecule has 1 aromatic heterocycles. The lowest BCUT2D eigenvalue weighted by Crippen LogP contribution is -2.36. The van der Waals surface area contributed by atoms with Crippen molar-refractivity contribution in [3.63, 3.8) is 0 Å². The van der Waals surface area contributed by atoms with Gasteiger partial charge in [-0.15, -0.1) is 0 Å². The molecular formula is C11H18N2O2. The van der Waals surface area contributed by atoms with E-state index in [4.69, 9.17) is 9.26 Å². The van der Waals surface area contributed by atoms with Gasteiger partial charge in [-0.05, 0) is 26.7 Å². The van der Waals surface area contributed by atoms with E-state index in [1.807, 2.05) is 13.0 Å². The first-order chi connectivity index (χ1) is 7.25. The highest BCUT2D eigenvalue weighted by atomic mass is 16.5. The summed E-state index contributed by atoms with van der Waals surface area (Å²) in [4.78, 5) is 0. The highest BCUT2D eigenvalue weighted by Crippen LogP contribution is 2.15. The number of nitrogens with zero attached hydrogens (tertiary/aromatic N) is 1. The molecule has 1 N–H and O–H groups in total. The molecule has 0 saturated carbocycles. The number of hydrogen-bond acceptors (Lipinski definition) is 4. The zero-order valence-electron chi connectivity index (χ0n) is 9.32. The average Bonchev–Trinajstić information content (AvgIpc) is 2.84. The SMILES string of the molecule is Cc1cc(CN[C@H](C)[C@@H]2CCCO2)no1. The van der Waals surface area contributed by atoms with Gasteiger partial charge in [0.2, 0.25) is 0 Å². The third-order valence-corrected chi connectivity index (χ3v) is 2.80. The van der Waals surface area contributed by atoms with Crippen LogP contribution < -0.4 is 5.32 Å². The summed E-state index contributed by atoms with van der Waals surface area (Å²) in [5, 5.41) is 7.34. The molecule has 2 heterocycles. The van der Waals surface area contributed by atoms with E-state index in [1.165, 1.54) is 6.42 Å². The van der Waals surface area contributed by atoms with Gasteiger partial charge in [-0.2, -0.15) is 0 Å². The first-order valence-electron chi connectivity index (χ1n) is 5.53. The second-order valence-electron chi connectivity index (χ2n) is 4.15. The maximum Gasteiger partial charge on any atom is 0.133 e. The maximum atomic E-state index is 5.60. The van der Waals surface area contributed by atoms with E-state index in [0.29, 0.717) is 12.1 Å². The highest BCUT2D eigenvalue weighted by Gasteiger charge is 2.21. The lowest BCUT2D eigenvalue weighted by Gasteiger charge is -2.19. The number of aromatic nitrogens is 1. The number of aryl methyl sites for hydroxylation is 1. The van der Waals surface area contributed by atoms with Crippen LogP contribution >= 0.6 is 0 Å². The molecule has 1 aliphatic rings. The third kappa shape index (κ3) is 2.79. The standard InChI is InChI=1S/C11H18N2O2/c1-8-6-10(13-15-8)7-12-9(2)11-4-3-5-14-11/h6,9,11-12H,3-5,7H2,1-2H3/t9-,11+/m1/s1. The number of rotatable bonds is 4. The zero-order valence-corrected chi connectivity index (χ0v) is 9.32. The van der Waals surface area contributed by atoms with Crippen molar-refractivity contribution in [3.8, 4) is 0 Å². The predicted molar refractivity (Wildman–Crippen MR) is 56.5 cm³/mol. The minimum Gasteiger partial charge on any atom is -0.377 e. The van der Waals surface area contributed by atoms with E-state index >= 15 is 0 Å². The molecule has 1 saturated heterocycles. The first kappa shape index (κ1) is 10.6. The van der Waals surface area contributed by atoms with Crippen molar-refractivity contribution in [1.82, 2.24) is 10.5 Å². The van der Waals surface area contributed by atoms with Gasteiger partial charge in [0.25, 0.3) is 0 Å². The van der Waals surface area contributed by atoms with Gasteiger partial charge in [-0.25, -0.2) is 0 Å². The Morgan fingerprint density at radius 1 is 1.67 bits per heavy atom. The fraction of sp³-hybridized carbons (Fsp3) is 0.727. The molecule has 1 aliphatic heterocycles. The van der Waals surface area contributed by atoms with Gasteiger partial charge in [0.1, 0.15) is 5.76 Å². The van der Waals surface area contributed by atoms with Gasteiger partial charge < -0.3 is 14.6 Å². The summed E-state index contributed by atoms with van der Waals surface area (Å²) in [6.07, 6.45) is 2.70. The van der Waals surface area contributed by atoms with Crippen molar-refractivity contribution >= 4 is 0 Å². The lowest BCUT2D eigenvalue weighted by molar-refractivity contribution is 0.0830. The molecule has 84 valence electrons. The minimum atomic E-state index is 0.359. The Kier molecular flexibility index (Phi) is 3.38. The van der Waals surface area contributed by atoms with Crippen LogP contribution in [0, 0.1) is 6.92 Å². The summed E-state index contributed by atoms with van der Waals surface area (Å²) in [5.41, 5.74) is 0.956. The Hall–Kier alpha value is -0.870. The van der Waals surface area contributed by atoms with Crippen LogP contribution in [-0.4, -0.2) is 23.9 Å². The first-order valence-corrected chi connectivity index (χ1v) is 5.53.